The van der Waals surface area contributed by atoms with Crippen molar-refractivity contribution in [3.63, 3.8) is 0 Å². The molecular weight excluding hydrogens is 304 g/mol. The number of aromatic amines is 1. The highest BCUT2D eigenvalue weighted by atomic mass is 16.5. The Bertz CT molecular complexity index is 849. The molecule has 1 aliphatic heterocycles. The molecule has 3 aromatic rings. The molecule has 0 radical (unpaired) electrons. The number of nitrogens with one attached hydrogen (secondary N) is 1. The molecule has 0 spiro atoms. The maximum atomic E-state index is 10.8. The molecule has 1 saturated heterocycles. The number of ether oxygens (including phenoxy) is 1. The molecule has 124 valence electrons. The van der Waals surface area contributed by atoms with Gasteiger partial charge in [-0.05, 0) is 41.0 Å². The Morgan fingerprint density at radius 1 is 1.25 bits per heavy atom. The van der Waals surface area contributed by atoms with E-state index in [1.807, 2.05) is 12.1 Å². The Morgan fingerprint density at radius 3 is 2.88 bits per heavy atom. The van der Waals surface area contributed by atoms with Crippen molar-refractivity contribution in [2.75, 3.05) is 20.2 Å². The lowest BCUT2D eigenvalue weighted by molar-refractivity contribution is 0.0409. The summed E-state index contributed by atoms with van der Waals surface area (Å²) in [5.74, 6) is 0.868. The van der Waals surface area contributed by atoms with Crippen molar-refractivity contribution in [3.05, 3.63) is 53.9 Å². The van der Waals surface area contributed by atoms with Crippen LogP contribution in [0.5, 0.6) is 5.75 Å². The van der Waals surface area contributed by atoms with E-state index in [2.05, 4.69) is 44.6 Å². The standard InChI is InChI=1S/C18H20N4O2/c1-24-16-5-4-14-8-13(2-3-15(14)9-16)11-22-7-6-18(23,12-22)17-10-19-21-20-17/h2-5,8-10,23H,6-7,11-12H2,1H3,(H,19,20,21)/t18-/m1/s1. The molecule has 24 heavy (non-hydrogen) atoms. The molecule has 1 aromatic heterocycles. The molecule has 0 bridgehead atoms. The summed E-state index contributed by atoms with van der Waals surface area (Å²) in [6.07, 6.45) is 2.28. The first kappa shape index (κ1) is 15.1. The van der Waals surface area contributed by atoms with Crippen molar-refractivity contribution in [2.24, 2.45) is 0 Å². The summed E-state index contributed by atoms with van der Waals surface area (Å²) in [4.78, 5) is 2.25. The number of aliphatic hydroxyl groups is 1. The molecule has 2 N–H and O–H groups in total. The summed E-state index contributed by atoms with van der Waals surface area (Å²) in [6.45, 7) is 2.21. The third-order valence-electron chi connectivity index (χ3n) is 4.74. The smallest absolute Gasteiger partial charge is 0.124 e. The Morgan fingerprint density at radius 2 is 2.08 bits per heavy atom. The van der Waals surface area contributed by atoms with Crippen LogP contribution in [-0.2, 0) is 12.1 Å². The third kappa shape index (κ3) is 2.74. The molecule has 0 amide bonds. The quantitative estimate of drug-likeness (QED) is 0.768. The average molecular weight is 324 g/mol. The number of benzene rings is 2. The van der Waals surface area contributed by atoms with Crippen LogP contribution in [-0.4, -0.2) is 45.6 Å². The minimum absolute atomic E-state index is 0.570. The van der Waals surface area contributed by atoms with E-state index < -0.39 is 5.60 Å². The summed E-state index contributed by atoms with van der Waals surface area (Å²) in [5, 5.41) is 23.5. The molecule has 0 unspecified atom stereocenters. The van der Waals surface area contributed by atoms with E-state index in [1.165, 1.54) is 16.3 Å². The van der Waals surface area contributed by atoms with Crippen LogP contribution in [0, 0.1) is 0 Å². The van der Waals surface area contributed by atoms with Crippen LogP contribution in [0.4, 0.5) is 0 Å². The number of hydrogen-bond donors (Lipinski definition) is 2. The van der Waals surface area contributed by atoms with E-state index in [0.717, 1.165) is 18.8 Å². The highest BCUT2D eigenvalue weighted by Gasteiger charge is 2.39. The van der Waals surface area contributed by atoms with Crippen molar-refractivity contribution in [2.45, 2.75) is 18.6 Å². The van der Waals surface area contributed by atoms with Gasteiger partial charge in [0.15, 0.2) is 0 Å². The molecule has 0 saturated carbocycles. The van der Waals surface area contributed by atoms with Crippen LogP contribution in [0.3, 0.4) is 0 Å². The van der Waals surface area contributed by atoms with Crippen LogP contribution < -0.4 is 4.74 Å². The van der Waals surface area contributed by atoms with Crippen molar-refractivity contribution >= 4 is 10.8 Å². The zero-order valence-corrected chi connectivity index (χ0v) is 13.6. The van der Waals surface area contributed by atoms with Gasteiger partial charge in [-0.3, -0.25) is 4.90 Å². The van der Waals surface area contributed by atoms with E-state index >= 15 is 0 Å². The normalized spacial score (nSPS) is 21.4. The Kier molecular flexibility index (Phi) is 3.70. The second-order valence-corrected chi connectivity index (χ2v) is 6.39. The van der Waals surface area contributed by atoms with E-state index in [1.54, 1.807) is 13.3 Å². The predicted molar refractivity (Wildman–Crippen MR) is 90.7 cm³/mol. The van der Waals surface area contributed by atoms with Crippen molar-refractivity contribution in [1.82, 2.24) is 20.3 Å². The Balaban J connectivity index is 1.51. The highest BCUT2D eigenvalue weighted by molar-refractivity contribution is 5.84. The molecule has 6 heteroatoms. The number of fused-ring (bicyclic) bond motifs is 1. The number of likely N-dealkylation sites (tertiary alicyclic amines) is 1. The number of aromatic nitrogens is 3. The number of methoxy groups -OCH3 is 1. The first-order chi connectivity index (χ1) is 11.7. The molecule has 6 nitrogen and oxygen atoms in total. The van der Waals surface area contributed by atoms with Crippen molar-refractivity contribution in [1.29, 1.82) is 0 Å². The number of β-amino-alcohol motifs (C(OH)–C–C–N with tert-alkyl or cyclic N) is 1. The maximum absolute atomic E-state index is 10.8. The SMILES string of the molecule is COc1ccc2cc(CN3CC[C@](O)(c4cn[nH]n4)C3)ccc2c1. The van der Waals surface area contributed by atoms with Gasteiger partial charge >= 0.3 is 0 Å². The fourth-order valence-corrected chi connectivity index (χ4v) is 3.40. The second-order valence-electron chi connectivity index (χ2n) is 6.39. The lowest BCUT2D eigenvalue weighted by Gasteiger charge is -2.21. The van der Waals surface area contributed by atoms with Gasteiger partial charge in [0.2, 0.25) is 0 Å². The second kappa shape index (κ2) is 5.89. The summed E-state index contributed by atoms with van der Waals surface area (Å²) in [6, 6.07) is 12.5. The van der Waals surface area contributed by atoms with Crippen LogP contribution in [0.25, 0.3) is 10.8 Å². The zero-order valence-electron chi connectivity index (χ0n) is 13.6. The summed E-state index contributed by atoms with van der Waals surface area (Å²) in [7, 11) is 1.68. The number of H-pyrrole nitrogens is 1. The molecule has 1 aliphatic rings. The molecule has 2 aromatic carbocycles. The summed E-state index contributed by atoms with van der Waals surface area (Å²) >= 11 is 0. The number of rotatable bonds is 4. The summed E-state index contributed by atoms with van der Waals surface area (Å²) < 4.78 is 5.27. The van der Waals surface area contributed by atoms with E-state index in [4.69, 9.17) is 4.74 Å². The van der Waals surface area contributed by atoms with Crippen LogP contribution >= 0.6 is 0 Å². The lowest BCUT2D eigenvalue weighted by Crippen LogP contribution is -2.31. The van der Waals surface area contributed by atoms with Gasteiger partial charge in [-0.15, -0.1) is 0 Å². The van der Waals surface area contributed by atoms with Crippen LogP contribution in [0.15, 0.2) is 42.6 Å². The van der Waals surface area contributed by atoms with Gasteiger partial charge < -0.3 is 9.84 Å². The fraction of sp³-hybridized carbons (Fsp3) is 0.333. The molecule has 0 aliphatic carbocycles. The number of hydrogen-bond acceptors (Lipinski definition) is 5. The topological polar surface area (TPSA) is 74.3 Å². The van der Waals surface area contributed by atoms with Gasteiger partial charge in [0.1, 0.15) is 17.0 Å². The predicted octanol–water partition coefficient (Wildman–Crippen LogP) is 2.06. The van der Waals surface area contributed by atoms with Gasteiger partial charge in [0.25, 0.3) is 0 Å². The monoisotopic (exact) mass is 324 g/mol. The lowest BCUT2D eigenvalue weighted by atomic mass is 10.00. The Hall–Kier alpha value is -2.44. The summed E-state index contributed by atoms with van der Waals surface area (Å²) in [5.41, 5.74) is 0.949. The van der Waals surface area contributed by atoms with E-state index in [9.17, 15) is 5.11 Å². The Labute approximate surface area is 140 Å². The van der Waals surface area contributed by atoms with E-state index in [-0.39, 0.29) is 0 Å². The highest BCUT2D eigenvalue weighted by Crippen LogP contribution is 2.31. The third-order valence-corrected chi connectivity index (χ3v) is 4.74. The molecule has 1 atom stereocenters. The van der Waals surface area contributed by atoms with E-state index in [0.29, 0.717) is 18.7 Å². The first-order valence-electron chi connectivity index (χ1n) is 8.04. The average Bonchev–Trinajstić information content (AvgIpc) is 3.25. The van der Waals surface area contributed by atoms with Gasteiger partial charge in [0.05, 0.1) is 13.3 Å². The van der Waals surface area contributed by atoms with Gasteiger partial charge in [-0.1, -0.05) is 18.2 Å². The van der Waals surface area contributed by atoms with Crippen molar-refractivity contribution < 1.29 is 9.84 Å². The molecular formula is C18H20N4O2. The molecule has 2 heterocycles. The van der Waals surface area contributed by atoms with Gasteiger partial charge in [-0.2, -0.15) is 15.4 Å². The first-order valence-corrected chi connectivity index (χ1v) is 8.04. The molecule has 1 fully saturated rings. The van der Waals surface area contributed by atoms with Crippen LogP contribution in [0.2, 0.25) is 0 Å². The number of nitrogens with zero attached hydrogens (tertiary/aromatic N) is 3. The maximum Gasteiger partial charge on any atom is 0.124 e. The van der Waals surface area contributed by atoms with Crippen LogP contribution in [0.1, 0.15) is 17.7 Å². The van der Waals surface area contributed by atoms with Gasteiger partial charge in [-0.25, -0.2) is 0 Å². The zero-order chi connectivity index (χ0) is 16.6. The minimum atomic E-state index is -0.906. The largest absolute Gasteiger partial charge is 0.497 e. The van der Waals surface area contributed by atoms with Gasteiger partial charge in [0, 0.05) is 19.6 Å². The van der Waals surface area contributed by atoms with Crippen molar-refractivity contribution in [3.8, 4) is 5.75 Å². The molecule has 4 rings (SSSR count). The fourth-order valence-electron chi connectivity index (χ4n) is 3.40. The minimum Gasteiger partial charge on any atom is -0.497 e.